The third-order valence-electron chi connectivity index (χ3n) is 4.13. The van der Waals surface area contributed by atoms with Gasteiger partial charge in [-0.25, -0.2) is 14.0 Å². The molecule has 3 rings (SSSR count). The lowest BCUT2D eigenvalue weighted by molar-refractivity contribution is 0.207. The van der Waals surface area contributed by atoms with Gasteiger partial charge in [0.15, 0.2) is 0 Å². The first-order valence-corrected chi connectivity index (χ1v) is 11.3. The van der Waals surface area contributed by atoms with Gasteiger partial charge in [0.2, 0.25) is 5.41 Å². The zero-order valence-electron chi connectivity index (χ0n) is 14.6. The molecule has 0 amide bonds. The number of nitrogens with zero attached hydrogens (tertiary/aromatic N) is 6. The first-order chi connectivity index (χ1) is 10.7. The second kappa shape index (κ2) is 5.19. The SMILES string of the molecule is Cc1ccn(C(n2ccc(C)n2)(n2ccc(C)n2)[Si](C)(C)C)n1. The average Bonchev–Trinajstić information content (AvgIpc) is 3.14. The number of aromatic nitrogens is 6. The van der Waals surface area contributed by atoms with E-state index in [2.05, 4.69) is 19.6 Å². The van der Waals surface area contributed by atoms with Crippen molar-refractivity contribution in [3.63, 3.8) is 0 Å². The molecule has 6 nitrogen and oxygen atoms in total. The normalized spacial score (nSPS) is 12.8. The average molecular weight is 328 g/mol. The Labute approximate surface area is 137 Å². The molecule has 0 aliphatic rings. The molecule has 3 aromatic heterocycles. The molecule has 0 bridgehead atoms. The summed E-state index contributed by atoms with van der Waals surface area (Å²) in [7, 11) is -1.92. The Balaban J connectivity index is 2.39. The number of rotatable bonds is 4. The van der Waals surface area contributed by atoms with Crippen LogP contribution in [0.25, 0.3) is 0 Å². The van der Waals surface area contributed by atoms with Crippen molar-refractivity contribution in [1.29, 1.82) is 0 Å². The van der Waals surface area contributed by atoms with Crippen molar-refractivity contribution in [2.45, 2.75) is 45.8 Å². The van der Waals surface area contributed by atoms with Gasteiger partial charge in [-0.2, -0.15) is 15.3 Å². The Morgan fingerprint density at radius 1 is 0.696 bits per heavy atom. The van der Waals surface area contributed by atoms with Crippen LogP contribution in [0.4, 0.5) is 0 Å². The van der Waals surface area contributed by atoms with Gasteiger partial charge < -0.3 is 0 Å². The van der Waals surface area contributed by atoms with Crippen molar-refractivity contribution in [2.75, 3.05) is 0 Å². The molecule has 7 heteroatoms. The predicted molar refractivity (Wildman–Crippen MR) is 93.0 cm³/mol. The first-order valence-electron chi connectivity index (χ1n) is 7.83. The van der Waals surface area contributed by atoms with Crippen LogP contribution in [-0.4, -0.2) is 37.4 Å². The summed E-state index contributed by atoms with van der Waals surface area (Å²) in [5, 5.41) is 14.3. The zero-order valence-corrected chi connectivity index (χ0v) is 15.6. The number of hydrogen-bond acceptors (Lipinski definition) is 3. The molecule has 0 radical (unpaired) electrons. The van der Waals surface area contributed by atoms with E-state index in [-0.39, 0.29) is 0 Å². The molecule has 23 heavy (non-hydrogen) atoms. The summed E-state index contributed by atoms with van der Waals surface area (Å²) in [5.74, 6) is 0. The molecule has 0 saturated heterocycles. The van der Waals surface area contributed by atoms with E-state index < -0.39 is 13.5 Å². The smallest absolute Gasteiger partial charge is 0.227 e. The van der Waals surface area contributed by atoms with Crippen LogP contribution in [0.15, 0.2) is 36.8 Å². The van der Waals surface area contributed by atoms with E-state index in [1.807, 2.05) is 71.6 Å². The van der Waals surface area contributed by atoms with Gasteiger partial charge in [-0.05, 0) is 39.0 Å². The maximum absolute atomic E-state index is 4.75. The standard InChI is InChI=1S/C16H24N6Si/c1-13-7-10-20(17-13)16(23(4,5)6,21-11-8-14(2)18-21)22-12-9-15(3)19-22/h7-12H,1-6H3. The zero-order chi connectivity index (χ0) is 16.8. The maximum atomic E-state index is 4.75. The monoisotopic (exact) mass is 328 g/mol. The van der Waals surface area contributed by atoms with Crippen molar-refractivity contribution >= 4 is 8.07 Å². The van der Waals surface area contributed by atoms with Crippen molar-refractivity contribution < 1.29 is 0 Å². The molecule has 122 valence electrons. The van der Waals surface area contributed by atoms with Crippen molar-refractivity contribution in [3.05, 3.63) is 53.9 Å². The van der Waals surface area contributed by atoms with Crippen LogP contribution in [0.1, 0.15) is 17.1 Å². The molecule has 0 unspecified atom stereocenters. The van der Waals surface area contributed by atoms with Crippen LogP contribution in [0.3, 0.4) is 0 Å². The molecular formula is C16H24N6Si. The summed E-state index contributed by atoms with van der Waals surface area (Å²) in [4.78, 5) is 0. The van der Waals surface area contributed by atoms with Crippen LogP contribution in [0.5, 0.6) is 0 Å². The molecule has 0 saturated carbocycles. The quantitative estimate of drug-likeness (QED) is 0.692. The molecule has 0 aliphatic carbocycles. The molecule has 0 atom stereocenters. The van der Waals surface area contributed by atoms with Crippen LogP contribution in [0.2, 0.25) is 19.6 Å². The topological polar surface area (TPSA) is 53.5 Å². The van der Waals surface area contributed by atoms with Gasteiger partial charge in [0, 0.05) is 18.6 Å². The lowest BCUT2D eigenvalue weighted by atomic mass is 10.5. The van der Waals surface area contributed by atoms with Gasteiger partial charge in [0.05, 0.1) is 17.1 Å². The fourth-order valence-electron chi connectivity index (χ4n) is 3.11. The largest absolute Gasteiger partial charge is 0.229 e. The molecule has 3 heterocycles. The summed E-state index contributed by atoms with van der Waals surface area (Å²) in [5.41, 5.74) is 2.39. The predicted octanol–water partition coefficient (Wildman–Crippen LogP) is 2.79. The Morgan fingerprint density at radius 2 is 1.00 bits per heavy atom. The molecule has 0 aromatic carbocycles. The van der Waals surface area contributed by atoms with Gasteiger partial charge in [-0.3, -0.25) is 0 Å². The highest BCUT2D eigenvalue weighted by atomic mass is 28.3. The maximum Gasteiger partial charge on any atom is 0.227 e. The van der Waals surface area contributed by atoms with Gasteiger partial charge in [-0.15, -0.1) is 0 Å². The van der Waals surface area contributed by atoms with E-state index in [4.69, 9.17) is 15.3 Å². The highest BCUT2D eigenvalue weighted by Crippen LogP contribution is 2.32. The van der Waals surface area contributed by atoms with Crippen molar-refractivity contribution in [3.8, 4) is 0 Å². The Kier molecular flexibility index (Phi) is 3.55. The first kappa shape index (κ1) is 15.7. The highest BCUT2D eigenvalue weighted by molar-refractivity contribution is 6.78. The minimum atomic E-state index is -1.92. The summed E-state index contributed by atoms with van der Waals surface area (Å²) in [6, 6.07) is 6.09. The molecule has 0 spiro atoms. The Morgan fingerprint density at radius 3 is 1.17 bits per heavy atom. The Hall–Kier alpha value is -2.15. The summed E-state index contributed by atoms with van der Waals surface area (Å²) < 4.78 is 6.06. The molecule has 0 aliphatic heterocycles. The fraction of sp³-hybridized carbons (Fsp3) is 0.438. The summed E-state index contributed by atoms with van der Waals surface area (Å²) >= 11 is 0. The van der Waals surface area contributed by atoms with E-state index >= 15 is 0 Å². The minimum Gasteiger partial charge on any atom is -0.229 e. The third kappa shape index (κ3) is 2.35. The van der Waals surface area contributed by atoms with Gasteiger partial charge in [0.25, 0.3) is 0 Å². The lowest BCUT2D eigenvalue weighted by Crippen LogP contribution is -2.64. The second-order valence-corrected chi connectivity index (χ2v) is 12.3. The van der Waals surface area contributed by atoms with Crippen LogP contribution in [0, 0.1) is 20.8 Å². The van der Waals surface area contributed by atoms with Crippen molar-refractivity contribution in [2.24, 2.45) is 0 Å². The van der Waals surface area contributed by atoms with E-state index in [1.165, 1.54) is 0 Å². The summed E-state index contributed by atoms with van der Waals surface area (Å²) in [6.07, 6.45) is 6.09. The molecule has 0 N–H and O–H groups in total. The molecule has 3 aromatic rings. The van der Waals surface area contributed by atoms with E-state index in [1.54, 1.807) is 0 Å². The fourth-order valence-corrected chi connectivity index (χ4v) is 5.55. The van der Waals surface area contributed by atoms with E-state index in [9.17, 15) is 0 Å². The van der Waals surface area contributed by atoms with E-state index in [0.717, 1.165) is 17.1 Å². The van der Waals surface area contributed by atoms with Crippen LogP contribution >= 0.6 is 0 Å². The molecular weight excluding hydrogens is 304 g/mol. The van der Waals surface area contributed by atoms with E-state index in [0.29, 0.717) is 0 Å². The van der Waals surface area contributed by atoms with Gasteiger partial charge in [0.1, 0.15) is 8.07 Å². The Bertz CT molecular complexity index is 721. The highest BCUT2D eigenvalue weighted by Gasteiger charge is 2.51. The lowest BCUT2D eigenvalue weighted by Gasteiger charge is -2.43. The van der Waals surface area contributed by atoms with Gasteiger partial charge in [-0.1, -0.05) is 19.6 Å². The summed E-state index contributed by atoms with van der Waals surface area (Å²) in [6.45, 7) is 13.0. The molecule has 0 fully saturated rings. The van der Waals surface area contributed by atoms with Crippen LogP contribution < -0.4 is 0 Å². The minimum absolute atomic E-state index is 0.566. The van der Waals surface area contributed by atoms with Crippen LogP contribution in [-0.2, 0) is 5.41 Å². The number of hydrogen-bond donors (Lipinski definition) is 0. The van der Waals surface area contributed by atoms with Gasteiger partial charge >= 0.3 is 0 Å². The van der Waals surface area contributed by atoms with Crippen molar-refractivity contribution in [1.82, 2.24) is 29.3 Å². The third-order valence-corrected chi connectivity index (χ3v) is 6.83. The second-order valence-electron chi connectivity index (χ2n) is 7.09. The number of aryl methyl sites for hydroxylation is 3.